The fraction of sp³-hybridized carbons (Fsp3) is 0.364. The van der Waals surface area contributed by atoms with Gasteiger partial charge in [-0.3, -0.25) is 9.88 Å². The molecule has 0 bridgehead atoms. The van der Waals surface area contributed by atoms with E-state index in [1.807, 2.05) is 35.7 Å². The minimum absolute atomic E-state index is 0.627. The van der Waals surface area contributed by atoms with Gasteiger partial charge in [0.2, 0.25) is 0 Å². The van der Waals surface area contributed by atoms with Crippen molar-refractivity contribution >= 4 is 0 Å². The Morgan fingerprint density at radius 2 is 1.56 bits per heavy atom. The second kappa shape index (κ2) is 8.46. The number of likely N-dealkylation sites (tertiary alicyclic amines) is 1. The van der Waals surface area contributed by atoms with Crippen LogP contribution in [0.5, 0.6) is 0 Å². The van der Waals surface area contributed by atoms with Gasteiger partial charge in [0.1, 0.15) is 0 Å². The lowest BCUT2D eigenvalue weighted by Crippen LogP contribution is -2.43. The van der Waals surface area contributed by atoms with Crippen LogP contribution in [0.1, 0.15) is 24.0 Å². The van der Waals surface area contributed by atoms with E-state index in [1.165, 1.54) is 37.1 Å². The quantitative estimate of drug-likeness (QED) is 0.675. The van der Waals surface area contributed by atoms with Crippen LogP contribution in [0.2, 0.25) is 0 Å². The van der Waals surface area contributed by atoms with Gasteiger partial charge < -0.3 is 9.47 Å². The maximum absolute atomic E-state index is 4.16. The Labute approximate surface area is 161 Å². The van der Waals surface area contributed by atoms with E-state index < -0.39 is 0 Å². The maximum atomic E-state index is 4.16. The molecule has 1 aliphatic rings. The number of hydrogen-bond acceptors (Lipinski definition) is 4. The molecule has 3 aromatic rings. The summed E-state index contributed by atoms with van der Waals surface area (Å²) in [6.07, 6.45) is 11.9. The lowest BCUT2D eigenvalue weighted by Gasteiger charge is -2.37. The third-order valence-corrected chi connectivity index (χ3v) is 5.46. The summed E-state index contributed by atoms with van der Waals surface area (Å²) in [4.78, 5) is 13.4. The van der Waals surface area contributed by atoms with Crippen LogP contribution in [-0.4, -0.2) is 50.5 Å². The van der Waals surface area contributed by atoms with Crippen LogP contribution in [0.4, 0.5) is 0 Å². The number of aromatic nitrogens is 3. The first-order valence-electron chi connectivity index (χ1n) is 9.67. The molecule has 27 heavy (non-hydrogen) atoms. The summed E-state index contributed by atoms with van der Waals surface area (Å²) in [7, 11) is 2.22. The summed E-state index contributed by atoms with van der Waals surface area (Å²) in [6.45, 7) is 4.30. The molecule has 1 fully saturated rings. The maximum Gasteiger partial charge on any atom is 0.0991 e. The lowest BCUT2D eigenvalue weighted by atomic mass is 10.0. The molecule has 0 N–H and O–H groups in total. The molecule has 0 aliphatic carbocycles. The first-order valence-corrected chi connectivity index (χ1v) is 9.67. The van der Waals surface area contributed by atoms with E-state index in [9.17, 15) is 0 Å². The van der Waals surface area contributed by atoms with Gasteiger partial charge in [-0.25, -0.2) is 4.98 Å². The van der Waals surface area contributed by atoms with E-state index in [-0.39, 0.29) is 0 Å². The van der Waals surface area contributed by atoms with Gasteiger partial charge in [-0.2, -0.15) is 0 Å². The minimum atomic E-state index is 0.627. The predicted molar refractivity (Wildman–Crippen MR) is 108 cm³/mol. The third-order valence-electron chi connectivity index (χ3n) is 5.46. The highest BCUT2D eigenvalue weighted by Crippen LogP contribution is 2.21. The van der Waals surface area contributed by atoms with E-state index >= 15 is 0 Å². The fourth-order valence-corrected chi connectivity index (χ4v) is 3.82. The van der Waals surface area contributed by atoms with Crippen molar-refractivity contribution < 1.29 is 0 Å². The summed E-state index contributed by atoms with van der Waals surface area (Å²) < 4.78 is 2.04. The number of hydrogen-bond donors (Lipinski definition) is 0. The second-order valence-corrected chi connectivity index (χ2v) is 7.43. The van der Waals surface area contributed by atoms with Crippen LogP contribution in [0.15, 0.2) is 67.5 Å². The van der Waals surface area contributed by atoms with Gasteiger partial charge in [-0.15, -0.1) is 0 Å². The smallest absolute Gasteiger partial charge is 0.0991 e. The molecule has 0 saturated carbocycles. The highest BCUT2D eigenvalue weighted by atomic mass is 15.2. The molecule has 0 unspecified atom stereocenters. The number of pyridine rings is 1. The lowest BCUT2D eigenvalue weighted by molar-refractivity contribution is 0.108. The SMILES string of the molecule is CN1CCC(N(Cc2ccncc2)Cc2ccc(-n3ccnc3)cc2)CC1. The van der Waals surface area contributed by atoms with Crippen LogP contribution in [0, 0.1) is 0 Å². The third kappa shape index (κ3) is 4.62. The summed E-state index contributed by atoms with van der Waals surface area (Å²) in [5, 5.41) is 0. The van der Waals surface area contributed by atoms with E-state index in [0.29, 0.717) is 6.04 Å². The summed E-state index contributed by atoms with van der Waals surface area (Å²) in [5.41, 5.74) is 3.84. The molecule has 1 aliphatic heterocycles. The molecule has 1 aromatic carbocycles. The van der Waals surface area contributed by atoms with Crippen molar-refractivity contribution in [1.29, 1.82) is 0 Å². The van der Waals surface area contributed by atoms with Gasteiger partial charge in [0.25, 0.3) is 0 Å². The fourth-order valence-electron chi connectivity index (χ4n) is 3.82. The topological polar surface area (TPSA) is 37.2 Å². The van der Waals surface area contributed by atoms with Gasteiger partial charge >= 0.3 is 0 Å². The van der Waals surface area contributed by atoms with Gasteiger partial charge in [-0.05, 0) is 68.4 Å². The van der Waals surface area contributed by atoms with E-state index in [0.717, 1.165) is 18.8 Å². The van der Waals surface area contributed by atoms with Gasteiger partial charge in [0.05, 0.1) is 6.33 Å². The molecule has 2 aromatic heterocycles. The number of rotatable bonds is 6. The van der Waals surface area contributed by atoms with Gasteiger partial charge in [-0.1, -0.05) is 12.1 Å². The van der Waals surface area contributed by atoms with E-state index in [4.69, 9.17) is 0 Å². The Hall–Kier alpha value is -2.50. The highest BCUT2D eigenvalue weighted by molar-refractivity contribution is 5.34. The molecule has 140 valence electrons. The average molecular weight is 361 g/mol. The average Bonchev–Trinajstić information content (AvgIpc) is 3.24. The minimum Gasteiger partial charge on any atom is -0.306 e. The number of imidazole rings is 1. The van der Waals surface area contributed by atoms with Crippen LogP contribution < -0.4 is 0 Å². The molecule has 4 rings (SSSR count). The predicted octanol–water partition coefficient (Wildman–Crippen LogP) is 3.36. The molecule has 0 spiro atoms. The molecular weight excluding hydrogens is 334 g/mol. The zero-order valence-electron chi connectivity index (χ0n) is 15.9. The van der Waals surface area contributed by atoms with Crippen molar-refractivity contribution in [3.8, 4) is 5.69 Å². The molecule has 5 heteroatoms. The number of benzene rings is 1. The van der Waals surface area contributed by atoms with E-state index in [1.54, 1.807) is 0 Å². The second-order valence-electron chi connectivity index (χ2n) is 7.43. The number of nitrogens with zero attached hydrogens (tertiary/aromatic N) is 5. The normalized spacial score (nSPS) is 16.1. The molecule has 0 atom stereocenters. The Kier molecular flexibility index (Phi) is 5.61. The Morgan fingerprint density at radius 1 is 0.889 bits per heavy atom. The Morgan fingerprint density at radius 3 is 2.19 bits per heavy atom. The molecular formula is C22H27N5. The van der Waals surface area contributed by atoms with Crippen LogP contribution in [-0.2, 0) is 13.1 Å². The highest BCUT2D eigenvalue weighted by Gasteiger charge is 2.23. The van der Waals surface area contributed by atoms with Crippen LogP contribution >= 0.6 is 0 Å². The molecule has 1 saturated heterocycles. The summed E-state index contributed by atoms with van der Waals surface area (Å²) in [5.74, 6) is 0. The Bertz CT molecular complexity index is 806. The summed E-state index contributed by atoms with van der Waals surface area (Å²) in [6, 6.07) is 13.7. The first-order chi connectivity index (χ1) is 13.3. The van der Waals surface area contributed by atoms with Crippen LogP contribution in [0.3, 0.4) is 0 Å². The van der Waals surface area contributed by atoms with Crippen molar-refractivity contribution in [3.05, 3.63) is 78.6 Å². The van der Waals surface area contributed by atoms with Crippen LogP contribution in [0.25, 0.3) is 5.69 Å². The molecule has 5 nitrogen and oxygen atoms in total. The van der Waals surface area contributed by atoms with Crippen molar-refractivity contribution in [3.63, 3.8) is 0 Å². The molecule has 0 amide bonds. The van der Waals surface area contributed by atoms with Crippen molar-refractivity contribution in [2.75, 3.05) is 20.1 Å². The molecule has 3 heterocycles. The number of piperidine rings is 1. The van der Waals surface area contributed by atoms with Gasteiger partial charge in [0.15, 0.2) is 0 Å². The van der Waals surface area contributed by atoms with Crippen molar-refractivity contribution in [1.82, 2.24) is 24.3 Å². The first kappa shape index (κ1) is 17.9. The van der Waals surface area contributed by atoms with Gasteiger partial charge in [0, 0.05) is 49.6 Å². The molecule has 0 radical (unpaired) electrons. The summed E-state index contributed by atoms with van der Waals surface area (Å²) >= 11 is 0. The van der Waals surface area contributed by atoms with Crippen molar-refractivity contribution in [2.45, 2.75) is 32.0 Å². The van der Waals surface area contributed by atoms with E-state index in [2.05, 4.69) is 63.2 Å². The standard InChI is InChI=1S/C22H27N5/c1-25-13-8-22(9-14-25)27(17-20-6-10-23-11-7-20)16-19-2-4-21(5-3-19)26-15-12-24-18-26/h2-7,10-12,15,18,22H,8-9,13-14,16-17H2,1H3. The largest absolute Gasteiger partial charge is 0.306 e. The van der Waals surface area contributed by atoms with Crippen molar-refractivity contribution in [2.24, 2.45) is 0 Å². The Balaban J connectivity index is 1.49. The zero-order valence-corrected chi connectivity index (χ0v) is 15.9. The zero-order chi connectivity index (χ0) is 18.5. The monoisotopic (exact) mass is 361 g/mol.